The molecule has 0 atom stereocenters. The highest BCUT2D eigenvalue weighted by atomic mass is 28.3. The van der Waals surface area contributed by atoms with E-state index in [1.54, 1.807) is 0 Å². The van der Waals surface area contributed by atoms with Gasteiger partial charge >= 0.3 is 0 Å². The Morgan fingerprint density at radius 3 is 1.84 bits per heavy atom. The first-order valence-electron chi connectivity index (χ1n) is 17.2. The van der Waals surface area contributed by atoms with E-state index in [-0.39, 0.29) is 0 Å². The fourth-order valence-corrected chi connectivity index (χ4v) is 11.8. The third kappa shape index (κ3) is 3.67. The first-order chi connectivity index (χ1) is 24.6. The summed E-state index contributed by atoms with van der Waals surface area (Å²) in [6.07, 6.45) is 0. The third-order valence-electron chi connectivity index (χ3n) is 11.0. The van der Waals surface area contributed by atoms with Crippen LogP contribution in [0, 0.1) is 0 Å². The molecule has 234 valence electrons. The van der Waals surface area contributed by atoms with Gasteiger partial charge in [0.05, 0.1) is 11.0 Å². The summed E-state index contributed by atoms with van der Waals surface area (Å²) in [5.74, 6) is 1.95. The average Bonchev–Trinajstić information content (AvgIpc) is 3.58. The monoisotopic (exact) mass is 654 g/mol. The zero-order chi connectivity index (χ0) is 33.1. The van der Waals surface area contributed by atoms with Crippen molar-refractivity contribution in [3.8, 4) is 62.1 Å². The van der Waals surface area contributed by atoms with Crippen LogP contribution in [0.5, 0.6) is 0 Å². The van der Waals surface area contributed by atoms with Crippen molar-refractivity contribution in [3.63, 3.8) is 0 Å². The third-order valence-corrected chi connectivity index (χ3v) is 14.6. The maximum Gasteiger partial charge on any atom is 0.238 e. The first-order valence-corrected chi connectivity index (χ1v) is 20.2. The first kappa shape index (κ1) is 27.7. The Morgan fingerprint density at radius 2 is 1.04 bits per heavy atom. The van der Waals surface area contributed by atoms with Gasteiger partial charge in [-0.3, -0.25) is 4.57 Å². The van der Waals surface area contributed by atoms with E-state index < -0.39 is 8.07 Å². The van der Waals surface area contributed by atoms with E-state index in [1.807, 2.05) is 18.2 Å². The van der Waals surface area contributed by atoms with E-state index in [1.165, 1.54) is 65.3 Å². The van der Waals surface area contributed by atoms with Crippen LogP contribution in [0.15, 0.2) is 146 Å². The molecule has 4 nitrogen and oxygen atoms in total. The molecule has 3 heterocycles. The summed E-state index contributed by atoms with van der Waals surface area (Å²) in [6.45, 7) is 4.90. The molecule has 2 aromatic heterocycles. The summed E-state index contributed by atoms with van der Waals surface area (Å²) in [4.78, 5) is 15.7. The van der Waals surface area contributed by atoms with E-state index in [2.05, 4.69) is 145 Å². The molecule has 7 aromatic carbocycles. The molecule has 0 bridgehead atoms. The SMILES string of the molecule is C[Si]1(C)c2ccccc2-c2cc(-c3nc(-c4ccccc4)nc(-n4c5cccc6c5c5c7c(cccc7ccc54)-c4ccccc4-6)n3)ccc21. The molecule has 0 amide bonds. The quantitative estimate of drug-likeness (QED) is 0.178. The molecule has 0 spiro atoms. The minimum Gasteiger partial charge on any atom is -0.278 e. The summed E-state index contributed by atoms with van der Waals surface area (Å²) in [5.41, 5.74) is 11.8. The van der Waals surface area contributed by atoms with Gasteiger partial charge in [-0.05, 0) is 72.7 Å². The molecular formula is C45H30N4Si. The van der Waals surface area contributed by atoms with Gasteiger partial charge in [0.25, 0.3) is 0 Å². The van der Waals surface area contributed by atoms with Crippen LogP contribution in [0.3, 0.4) is 0 Å². The highest BCUT2D eigenvalue weighted by Gasteiger charge is 2.37. The molecule has 0 fully saturated rings. The van der Waals surface area contributed by atoms with E-state index in [0.717, 1.165) is 22.2 Å². The van der Waals surface area contributed by atoms with Crippen molar-refractivity contribution in [3.05, 3.63) is 146 Å². The standard InChI is InChI=1S/C45H30N4Si/c1-50(2)38-21-9-8-17-32(38)35-26-29(23-25-39(35)50)44-46-43(28-12-4-3-5-13-28)47-45(48-44)49-36-20-11-19-34-31-16-7-6-15-30(31)33-18-10-14-27-22-24-37(49)42(40(27)33)41(34)36/h3-26H,1-2H3. The smallest absolute Gasteiger partial charge is 0.238 e. The maximum atomic E-state index is 5.34. The number of benzene rings is 7. The van der Waals surface area contributed by atoms with Crippen LogP contribution >= 0.6 is 0 Å². The highest BCUT2D eigenvalue weighted by Crippen LogP contribution is 2.49. The Morgan fingerprint density at radius 1 is 0.420 bits per heavy atom. The molecule has 1 aliphatic heterocycles. The maximum absolute atomic E-state index is 5.34. The van der Waals surface area contributed by atoms with Crippen molar-refractivity contribution in [1.82, 2.24) is 19.5 Å². The van der Waals surface area contributed by atoms with Gasteiger partial charge in [-0.25, -0.2) is 4.98 Å². The normalized spacial score (nSPS) is 13.6. The predicted molar refractivity (Wildman–Crippen MR) is 209 cm³/mol. The zero-order valence-corrected chi connectivity index (χ0v) is 28.6. The van der Waals surface area contributed by atoms with E-state index in [0.29, 0.717) is 17.6 Å². The van der Waals surface area contributed by atoms with Crippen molar-refractivity contribution in [1.29, 1.82) is 0 Å². The number of rotatable bonds is 3. The molecule has 5 heteroatoms. The summed E-state index contributed by atoms with van der Waals surface area (Å²) < 4.78 is 2.26. The lowest BCUT2D eigenvalue weighted by Gasteiger charge is -2.18. The minimum atomic E-state index is -1.79. The molecule has 11 rings (SSSR count). The largest absolute Gasteiger partial charge is 0.278 e. The van der Waals surface area contributed by atoms with Crippen LogP contribution in [0.2, 0.25) is 13.1 Å². The van der Waals surface area contributed by atoms with Crippen molar-refractivity contribution in [2.75, 3.05) is 0 Å². The van der Waals surface area contributed by atoms with Gasteiger partial charge in [0.2, 0.25) is 5.95 Å². The van der Waals surface area contributed by atoms with Gasteiger partial charge in [0.15, 0.2) is 11.6 Å². The van der Waals surface area contributed by atoms with Crippen LogP contribution < -0.4 is 10.4 Å². The molecule has 0 radical (unpaired) electrons. The lowest BCUT2D eigenvalue weighted by Crippen LogP contribution is -2.49. The number of fused-ring (bicyclic) bond motifs is 6. The Balaban J connectivity index is 1.23. The van der Waals surface area contributed by atoms with E-state index >= 15 is 0 Å². The summed E-state index contributed by atoms with van der Waals surface area (Å²) >= 11 is 0. The second-order valence-electron chi connectivity index (χ2n) is 14.0. The zero-order valence-electron chi connectivity index (χ0n) is 27.6. The van der Waals surface area contributed by atoms with Crippen molar-refractivity contribution in [2.45, 2.75) is 13.1 Å². The Kier molecular flexibility index (Phi) is 5.51. The Labute approximate surface area is 290 Å². The highest BCUT2D eigenvalue weighted by molar-refractivity contribution is 7.03. The van der Waals surface area contributed by atoms with E-state index in [4.69, 9.17) is 15.0 Å². The molecule has 0 saturated carbocycles. The van der Waals surface area contributed by atoms with Gasteiger partial charge < -0.3 is 0 Å². The average molecular weight is 655 g/mol. The van der Waals surface area contributed by atoms with Crippen LogP contribution in [-0.2, 0) is 0 Å². The second-order valence-corrected chi connectivity index (χ2v) is 18.4. The van der Waals surface area contributed by atoms with Gasteiger partial charge in [0, 0.05) is 21.9 Å². The lowest BCUT2D eigenvalue weighted by atomic mass is 9.93. The molecule has 9 aromatic rings. The van der Waals surface area contributed by atoms with Crippen LogP contribution in [0.1, 0.15) is 0 Å². The molecule has 2 aliphatic rings. The Bertz CT molecular complexity index is 2900. The van der Waals surface area contributed by atoms with Crippen molar-refractivity contribution >= 4 is 51.0 Å². The fourth-order valence-electron chi connectivity index (χ4n) is 8.71. The number of hydrogen-bond donors (Lipinski definition) is 0. The van der Waals surface area contributed by atoms with E-state index in [9.17, 15) is 0 Å². The summed E-state index contributed by atoms with van der Waals surface area (Å²) in [7, 11) is -1.79. The topological polar surface area (TPSA) is 43.6 Å². The van der Waals surface area contributed by atoms with Gasteiger partial charge in [-0.15, -0.1) is 0 Å². The van der Waals surface area contributed by atoms with Crippen LogP contribution in [0.4, 0.5) is 0 Å². The number of nitrogens with zero attached hydrogens (tertiary/aromatic N) is 4. The molecule has 0 unspecified atom stereocenters. The molecule has 50 heavy (non-hydrogen) atoms. The van der Waals surface area contributed by atoms with Crippen LogP contribution in [0.25, 0.3) is 94.7 Å². The van der Waals surface area contributed by atoms with Crippen molar-refractivity contribution in [2.24, 2.45) is 0 Å². The second kappa shape index (κ2) is 9.94. The molecule has 0 N–H and O–H groups in total. The van der Waals surface area contributed by atoms with Crippen molar-refractivity contribution < 1.29 is 0 Å². The summed E-state index contributed by atoms with van der Waals surface area (Å²) in [6, 6.07) is 52.6. The van der Waals surface area contributed by atoms with Gasteiger partial charge in [0.1, 0.15) is 8.07 Å². The fraction of sp³-hybridized carbons (Fsp3) is 0.0444. The molecule has 0 saturated heterocycles. The Hall–Kier alpha value is -6.17. The predicted octanol–water partition coefficient (Wildman–Crippen LogP) is 9.91. The van der Waals surface area contributed by atoms with Gasteiger partial charge in [-0.1, -0.05) is 140 Å². The number of aromatic nitrogens is 4. The van der Waals surface area contributed by atoms with Gasteiger partial charge in [-0.2, -0.15) is 9.97 Å². The summed E-state index contributed by atoms with van der Waals surface area (Å²) in [5, 5.41) is 7.93. The minimum absolute atomic E-state index is 0.618. The number of hydrogen-bond acceptors (Lipinski definition) is 3. The lowest BCUT2D eigenvalue weighted by molar-refractivity contribution is 0.954. The molecular weight excluding hydrogens is 625 g/mol. The van der Waals surface area contributed by atoms with Crippen LogP contribution in [-0.4, -0.2) is 27.6 Å². The molecule has 1 aliphatic carbocycles.